The predicted molar refractivity (Wildman–Crippen MR) is 79.6 cm³/mol. The molecule has 2 heterocycles. The predicted octanol–water partition coefficient (Wildman–Crippen LogP) is 2.61. The number of aryl methyl sites for hydroxylation is 2. The van der Waals surface area contributed by atoms with Crippen molar-refractivity contribution in [1.82, 2.24) is 19.6 Å². The van der Waals surface area contributed by atoms with Gasteiger partial charge in [-0.2, -0.15) is 10.2 Å². The molecule has 0 spiro atoms. The number of rotatable bonds is 5. The molecule has 6 heteroatoms. The van der Waals surface area contributed by atoms with E-state index in [1.54, 1.807) is 6.20 Å². The second-order valence-electron chi connectivity index (χ2n) is 5.05. The molecule has 0 fully saturated rings. The molecular formula is C13H22ClN5. The molecule has 0 aliphatic carbocycles. The lowest BCUT2D eigenvalue weighted by molar-refractivity contribution is 0.475. The fraction of sp³-hybridized carbons (Fsp3) is 0.538. The van der Waals surface area contributed by atoms with Gasteiger partial charge in [0.1, 0.15) is 5.82 Å². The molecule has 5 nitrogen and oxygen atoms in total. The Kier molecular flexibility index (Phi) is 5.42. The van der Waals surface area contributed by atoms with Gasteiger partial charge in [0.05, 0.1) is 12.2 Å². The lowest BCUT2D eigenvalue weighted by atomic mass is 10.2. The van der Waals surface area contributed by atoms with Crippen LogP contribution in [0.25, 0.3) is 0 Å². The summed E-state index contributed by atoms with van der Waals surface area (Å²) >= 11 is 0. The minimum atomic E-state index is 0. The molecule has 0 bridgehead atoms. The topological polar surface area (TPSA) is 47.7 Å². The van der Waals surface area contributed by atoms with E-state index < -0.39 is 0 Å². The van der Waals surface area contributed by atoms with Gasteiger partial charge in [-0.15, -0.1) is 12.4 Å². The molecule has 106 valence electrons. The van der Waals surface area contributed by atoms with Crippen molar-refractivity contribution in [2.45, 2.75) is 33.9 Å². The van der Waals surface area contributed by atoms with E-state index in [0.29, 0.717) is 5.92 Å². The first-order valence-corrected chi connectivity index (χ1v) is 6.31. The first-order chi connectivity index (χ1) is 8.56. The van der Waals surface area contributed by atoms with E-state index in [9.17, 15) is 0 Å². The largest absolute Gasteiger partial charge is 0.363 e. The molecule has 0 radical (unpaired) electrons. The summed E-state index contributed by atoms with van der Waals surface area (Å²) in [6.07, 6.45) is 1.81. The van der Waals surface area contributed by atoms with Gasteiger partial charge < -0.3 is 5.32 Å². The van der Waals surface area contributed by atoms with Gasteiger partial charge in [-0.1, -0.05) is 13.8 Å². The maximum atomic E-state index is 4.55. The average molecular weight is 284 g/mol. The summed E-state index contributed by atoms with van der Waals surface area (Å²) in [5, 5.41) is 12.0. The van der Waals surface area contributed by atoms with Crippen molar-refractivity contribution in [3.8, 4) is 0 Å². The highest BCUT2D eigenvalue weighted by atomic mass is 35.5. The summed E-state index contributed by atoms with van der Waals surface area (Å²) in [7, 11) is 1.94. The Balaban J connectivity index is 0.00000180. The minimum absolute atomic E-state index is 0. The fourth-order valence-electron chi connectivity index (χ4n) is 1.88. The van der Waals surface area contributed by atoms with E-state index in [1.165, 1.54) is 5.69 Å². The van der Waals surface area contributed by atoms with Crippen LogP contribution in [0.15, 0.2) is 18.3 Å². The van der Waals surface area contributed by atoms with E-state index in [4.69, 9.17) is 0 Å². The van der Waals surface area contributed by atoms with E-state index in [0.717, 1.165) is 24.6 Å². The van der Waals surface area contributed by atoms with E-state index in [2.05, 4.69) is 47.0 Å². The molecule has 0 aliphatic rings. The third kappa shape index (κ3) is 3.99. The molecule has 2 rings (SSSR count). The Hall–Kier alpha value is -1.49. The summed E-state index contributed by atoms with van der Waals surface area (Å²) in [6, 6.07) is 4.09. The third-order valence-corrected chi connectivity index (χ3v) is 2.89. The normalized spacial score (nSPS) is 10.6. The zero-order valence-corrected chi connectivity index (χ0v) is 12.7. The Morgan fingerprint density at radius 2 is 2.11 bits per heavy atom. The molecule has 0 unspecified atom stereocenters. The lowest BCUT2D eigenvalue weighted by Crippen LogP contribution is -2.09. The summed E-state index contributed by atoms with van der Waals surface area (Å²) in [6.45, 7) is 8.19. The van der Waals surface area contributed by atoms with Crippen LogP contribution >= 0.6 is 12.4 Å². The highest BCUT2D eigenvalue weighted by molar-refractivity contribution is 5.85. The van der Waals surface area contributed by atoms with Gasteiger partial charge in [-0.25, -0.2) is 0 Å². The number of anilines is 1. The molecule has 0 amide bonds. The third-order valence-electron chi connectivity index (χ3n) is 2.89. The van der Waals surface area contributed by atoms with Crippen LogP contribution in [0, 0.1) is 12.8 Å². The number of aromatic nitrogens is 4. The Bertz CT molecular complexity index is 515. The van der Waals surface area contributed by atoms with Gasteiger partial charge in [-0.05, 0) is 18.9 Å². The van der Waals surface area contributed by atoms with Crippen molar-refractivity contribution in [3.05, 3.63) is 29.7 Å². The monoisotopic (exact) mass is 283 g/mol. The second-order valence-corrected chi connectivity index (χ2v) is 5.05. The Morgan fingerprint density at radius 3 is 2.68 bits per heavy atom. The average Bonchev–Trinajstić information content (AvgIpc) is 2.83. The standard InChI is InChI=1S/C13H21N5.ClH/c1-10(2)9-18-11(3)7-13(16-18)14-8-12-5-6-15-17(12)4;/h5-7,10H,8-9H2,1-4H3,(H,14,16);1H. The van der Waals surface area contributed by atoms with Gasteiger partial charge >= 0.3 is 0 Å². The molecular weight excluding hydrogens is 262 g/mol. The van der Waals surface area contributed by atoms with Gasteiger partial charge in [0, 0.05) is 31.5 Å². The maximum Gasteiger partial charge on any atom is 0.148 e. The molecule has 0 aliphatic heterocycles. The highest BCUT2D eigenvalue weighted by Crippen LogP contribution is 2.11. The van der Waals surface area contributed by atoms with Gasteiger partial charge in [0.25, 0.3) is 0 Å². The molecule has 19 heavy (non-hydrogen) atoms. The maximum absolute atomic E-state index is 4.55. The van der Waals surface area contributed by atoms with Crippen molar-refractivity contribution >= 4 is 18.2 Å². The van der Waals surface area contributed by atoms with Gasteiger partial charge in [-0.3, -0.25) is 9.36 Å². The fourth-order valence-corrected chi connectivity index (χ4v) is 1.88. The van der Waals surface area contributed by atoms with Crippen molar-refractivity contribution in [1.29, 1.82) is 0 Å². The summed E-state index contributed by atoms with van der Waals surface area (Å²) in [4.78, 5) is 0. The summed E-state index contributed by atoms with van der Waals surface area (Å²) < 4.78 is 3.92. The van der Waals surface area contributed by atoms with Crippen molar-refractivity contribution in [2.75, 3.05) is 5.32 Å². The van der Waals surface area contributed by atoms with Crippen LogP contribution in [0.2, 0.25) is 0 Å². The molecule has 0 saturated heterocycles. The van der Waals surface area contributed by atoms with Crippen LogP contribution in [-0.4, -0.2) is 19.6 Å². The molecule has 0 atom stereocenters. The van der Waals surface area contributed by atoms with E-state index in [-0.39, 0.29) is 12.4 Å². The minimum Gasteiger partial charge on any atom is -0.363 e. The first-order valence-electron chi connectivity index (χ1n) is 6.31. The zero-order valence-electron chi connectivity index (χ0n) is 11.9. The number of halogens is 1. The second kappa shape index (κ2) is 6.61. The highest BCUT2D eigenvalue weighted by Gasteiger charge is 2.06. The SMILES string of the molecule is Cc1cc(NCc2ccnn2C)nn1CC(C)C.Cl. The van der Waals surface area contributed by atoms with E-state index in [1.807, 2.05) is 17.8 Å². The van der Waals surface area contributed by atoms with Crippen LogP contribution in [0.3, 0.4) is 0 Å². The summed E-state index contributed by atoms with van der Waals surface area (Å²) in [5.41, 5.74) is 2.34. The molecule has 0 saturated carbocycles. The van der Waals surface area contributed by atoms with Gasteiger partial charge in [0.2, 0.25) is 0 Å². The van der Waals surface area contributed by atoms with Crippen LogP contribution < -0.4 is 5.32 Å². The first kappa shape index (κ1) is 15.6. The molecule has 2 aromatic heterocycles. The van der Waals surface area contributed by atoms with Crippen LogP contribution in [0.4, 0.5) is 5.82 Å². The quantitative estimate of drug-likeness (QED) is 0.918. The van der Waals surface area contributed by atoms with E-state index >= 15 is 0 Å². The zero-order chi connectivity index (χ0) is 13.1. The van der Waals surface area contributed by atoms with Crippen LogP contribution in [0.1, 0.15) is 25.2 Å². The molecule has 1 N–H and O–H groups in total. The van der Waals surface area contributed by atoms with Crippen molar-refractivity contribution in [3.63, 3.8) is 0 Å². The van der Waals surface area contributed by atoms with Gasteiger partial charge in [0.15, 0.2) is 0 Å². The Morgan fingerprint density at radius 1 is 1.37 bits per heavy atom. The lowest BCUT2D eigenvalue weighted by Gasteiger charge is -2.06. The molecule has 0 aromatic carbocycles. The number of hydrogen-bond donors (Lipinski definition) is 1. The van der Waals surface area contributed by atoms with Crippen LogP contribution in [0.5, 0.6) is 0 Å². The Labute approximate surface area is 120 Å². The van der Waals surface area contributed by atoms with Crippen molar-refractivity contribution in [2.24, 2.45) is 13.0 Å². The van der Waals surface area contributed by atoms with Crippen molar-refractivity contribution < 1.29 is 0 Å². The summed E-state index contributed by atoms with van der Waals surface area (Å²) in [5.74, 6) is 1.53. The number of nitrogens with zero attached hydrogens (tertiary/aromatic N) is 4. The number of nitrogens with one attached hydrogen (secondary N) is 1. The smallest absolute Gasteiger partial charge is 0.148 e. The van der Waals surface area contributed by atoms with Crippen LogP contribution in [-0.2, 0) is 20.1 Å². The number of hydrogen-bond acceptors (Lipinski definition) is 3. The molecule has 2 aromatic rings.